The van der Waals surface area contributed by atoms with Gasteiger partial charge in [-0.3, -0.25) is 9.59 Å². The number of halogens is 5. The first kappa shape index (κ1) is 24.3. The van der Waals surface area contributed by atoms with Gasteiger partial charge in [-0.05, 0) is 48.5 Å². The quantitative estimate of drug-likeness (QED) is 0.328. The molecule has 3 aromatic carbocycles. The molecule has 0 bridgehead atoms. The van der Waals surface area contributed by atoms with E-state index in [0.717, 1.165) is 10.7 Å². The van der Waals surface area contributed by atoms with Crippen LogP contribution in [0.25, 0.3) is 16.9 Å². The van der Waals surface area contributed by atoms with Crippen LogP contribution in [0.5, 0.6) is 0 Å². The number of amides is 2. The molecule has 4 rings (SSSR count). The predicted molar refractivity (Wildman–Crippen MR) is 127 cm³/mol. The van der Waals surface area contributed by atoms with Crippen LogP contribution in [-0.2, 0) is 6.18 Å². The Labute approximate surface area is 207 Å². The van der Waals surface area contributed by atoms with E-state index >= 15 is 0 Å². The van der Waals surface area contributed by atoms with Crippen LogP contribution >= 0.6 is 23.2 Å². The van der Waals surface area contributed by atoms with Gasteiger partial charge in [0.15, 0.2) is 5.69 Å². The fraction of sp³-hybridized carbons (Fsp3) is 0.0417. The Balaban J connectivity index is 1.67. The second kappa shape index (κ2) is 9.44. The molecule has 6 nitrogen and oxygen atoms in total. The lowest BCUT2D eigenvalue weighted by Crippen LogP contribution is -2.15. The van der Waals surface area contributed by atoms with Crippen molar-refractivity contribution in [1.29, 1.82) is 0 Å². The largest absolute Gasteiger partial charge is 0.435 e. The highest BCUT2D eigenvalue weighted by molar-refractivity contribution is 6.34. The number of nitrogens with one attached hydrogen (secondary N) is 1. The van der Waals surface area contributed by atoms with Crippen molar-refractivity contribution in [2.24, 2.45) is 5.73 Å². The van der Waals surface area contributed by atoms with Crippen molar-refractivity contribution in [2.45, 2.75) is 6.18 Å². The molecule has 35 heavy (non-hydrogen) atoms. The summed E-state index contributed by atoms with van der Waals surface area (Å²) >= 11 is 12.3. The molecule has 4 aromatic rings. The maximum atomic E-state index is 13.4. The summed E-state index contributed by atoms with van der Waals surface area (Å²) in [5.74, 6) is -1.23. The van der Waals surface area contributed by atoms with Crippen molar-refractivity contribution in [3.8, 4) is 16.9 Å². The van der Waals surface area contributed by atoms with E-state index in [1.54, 1.807) is 24.3 Å². The summed E-state index contributed by atoms with van der Waals surface area (Å²) in [6, 6.07) is 17.3. The van der Waals surface area contributed by atoms with Crippen LogP contribution in [0, 0.1) is 0 Å². The monoisotopic (exact) mass is 518 g/mol. The molecule has 0 unspecified atom stereocenters. The van der Waals surface area contributed by atoms with Crippen LogP contribution in [-0.4, -0.2) is 21.6 Å². The molecule has 178 valence electrons. The Morgan fingerprint density at radius 1 is 0.886 bits per heavy atom. The molecule has 1 heterocycles. The third-order valence-corrected chi connectivity index (χ3v) is 5.67. The third-order valence-electron chi connectivity index (χ3n) is 5.02. The summed E-state index contributed by atoms with van der Waals surface area (Å²) in [5, 5.41) is 6.71. The zero-order chi connectivity index (χ0) is 25.3. The molecule has 3 N–H and O–H groups in total. The third kappa shape index (κ3) is 5.16. The molecule has 0 aliphatic heterocycles. The normalized spacial score (nSPS) is 11.3. The van der Waals surface area contributed by atoms with Gasteiger partial charge in [-0.2, -0.15) is 18.3 Å². The van der Waals surface area contributed by atoms with Crippen LogP contribution in [0.3, 0.4) is 0 Å². The molecule has 1 aromatic heterocycles. The summed E-state index contributed by atoms with van der Waals surface area (Å²) < 4.78 is 41.3. The fourth-order valence-electron chi connectivity index (χ4n) is 3.29. The number of carbonyl (C=O) groups excluding carboxylic acids is 2. The number of aromatic nitrogens is 2. The van der Waals surface area contributed by atoms with E-state index in [0.29, 0.717) is 5.56 Å². The summed E-state index contributed by atoms with van der Waals surface area (Å²) in [6.07, 6.45) is -4.67. The first-order chi connectivity index (χ1) is 16.5. The van der Waals surface area contributed by atoms with Gasteiger partial charge in [0, 0.05) is 16.7 Å². The molecule has 0 radical (unpaired) electrons. The molecule has 0 aliphatic rings. The number of para-hydroxylation sites is 1. The summed E-state index contributed by atoms with van der Waals surface area (Å²) in [6.45, 7) is 0. The number of hydrogen-bond donors (Lipinski definition) is 2. The van der Waals surface area contributed by atoms with Crippen LogP contribution < -0.4 is 11.1 Å². The number of nitrogens with two attached hydrogens (primary N) is 1. The molecule has 0 saturated carbocycles. The van der Waals surface area contributed by atoms with Crippen molar-refractivity contribution < 1.29 is 22.8 Å². The molecule has 0 fully saturated rings. The number of hydrogen-bond acceptors (Lipinski definition) is 3. The first-order valence-electron chi connectivity index (χ1n) is 9.98. The minimum Gasteiger partial charge on any atom is -0.366 e. The van der Waals surface area contributed by atoms with E-state index < -0.39 is 23.7 Å². The number of carbonyl (C=O) groups is 2. The Morgan fingerprint density at radius 3 is 2.17 bits per heavy atom. The van der Waals surface area contributed by atoms with Crippen molar-refractivity contribution in [1.82, 2.24) is 9.78 Å². The van der Waals surface area contributed by atoms with Gasteiger partial charge in [0.2, 0.25) is 5.91 Å². The molecule has 0 spiro atoms. The average Bonchev–Trinajstić information content (AvgIpc) is 3.26. The predicted octanol–water partition coefficient (Wildman–Crippen LogP) is 6.22. The lowest BCUT2D eigenvalue weighted by molar-refractivity contribution is -0.141. The zero-order valence-corrected chi connectivity index (χ0v) is 19.1. The van der Waals surface area contributed by atoms with E-state index in [1.165, 1.54) is 42.5 Å². The van der Waals surface area contributed by atoms with E-state index in [1.807, 2.05) is 0 Å². The Hall–Kier alpha value is -3.82. The molecule has 11 heteroatoms. The van der Waals surface area contributed by atoms with E-state index in [2.05, 4.69) is 10.4 Å². The number of primary amides is 1. The second-order valence-corrected chi connectivity index (χ2v) is 8.18. The van der Waals surface area contributed by atoms with Gasteiger partial charge in [0.25, 0.3) is 5.91 Å². The maximum Gasteiger partial charge on any atom is 0.435 e. The van der Waals surface area contributed by atoms with E-state index in [4.69, 9.17) is 28.9 Å². The van der Waals surface area contributed by atoms with Crippen molar-refractivity contribution in [3.63, 3.8) is 0 Å². The van der Waals surface area contributed by atoms with Gasteiger partial charge >= 0.3 is 6.18 Å². The van der Waals surface area contributed by atoms with Gasteiger partial charge in [0.05, 0.1) is 27.1 Å². The topological polar surface area (TPSA) is 90.0 Å². The van der Waals surface area contributed by atoms with Gasteiger partial charge in [0.1, 0.15) is 0 Å². The lowest BCUT2D eigenvalue weighted by atomic mass is 10.1. The summed E-state index contributed by atoms with van der Waals surface area (Å²) in [7, 11) is 0. The number of nitrogens with zero attached hydrogens (tertiary/aromatic N) is 2. The summed E-state index contributed by atoms with van der Waals surface area (Å²) in [4.78, 5) is 24.1. The standard InChI is InChI=1S/C24H15Cl2F3N4O2/c25-16-10-9-15(22(30)34)11-18(16)31-23(35)14-7-5-13(6-8-14)20-12-21(24(27,28)29)32-33(20)19-4-2-1-3-17(19)26/h1-12H,(H2,30,34)(H,31,35). The SMILES string of the molecule is NC(=O)c1ccc(Cl)c(NC(=O)c2ccc(-c3cc(C(F)(F)F)nn3-c3ccccc3Cl)cc2)c1. The van der Waals surface area contributed by atoms with Gasteiger partial charge < -0.3 is 11.1 Å². The molecule has 0 atom stereocenters. The van der Waals surface area contributed by atoms with Crippen LogP contribution in [0.1, 0.15) is 26.4 Å². The molecular weight excluding hydrogens is 504 g/mol. The highest BCUT2D eigenvalue weighted by atomic mass is 35.5. The van der Waals surface area contributed by atoms with Crippen molar-refractivity contribution >= 4 is 40.7 Å². The number of anilines is 1. The molecular formula is C24H15Cl2F3N4O2. The van der Waals surface area contributed by atoms with E-state index in [-0.39, 0.29) is 38.2 Å². The molecule has 0 aliphatic carbocycles. The number of alkyl halides is 3. The molecule has 2 amide bonds. The van der Waals surface area contributed by atoms with Crippen LogP contribution in [0.2, 0.25) is 10.0 Å². The lowest BCUT2D eigenvalue weighted by Gasteiger charge is -2.11. The second-order valence-electron chi connectivity index (χ2n) is 7.37. The number of rotatable bonds is 5. The fourth-order valence-corrected chi connectivity index (χ4v) is 3.67. The van der Waals surface area contributed by atoms with Crippen LogP contribution in [0.15, 0.2) is 72.8 Å². The Morgan fingerprint density at radius 2 is 1.54 bits per heavy atom. The van der Waals surface area contributed by atoms with Crippen molar-refractivity contribution in [3.05, 3.63) is 99.7 Å². The smallest absolute Gasteiger partial charge is 0.366 e. The maximum absolute atomic E-state index is 13.4. The number of benzene rings is 3. The Kier molecular flexibility index (Phi) is 6.56. The van der Waals surface area contributed by atoms with Gasteiger partial charge in [-0.25, -0.2) is 4.68 Å². The zero-order valence-electron chi connectivity index (χ0n) is 17.6. The minimum absolute atomic E-state index is 0.134. The first-order valence-corrected chi connectivity index (χ1v) is 10.7. The van der Waals surface area contributed by atoms with Crippen LogP contribution in [0.4, 0.5) is 18.9 Å². The van der Waals surface area contributed by atoms with Gasteiger partial charge in [-0.15, -0.1) is 0 Å². The molecule has 0 saturated heterocycles. The Bertz CT molecular complexity index is 1430. The highest BCUT2D eigenvalue weighted by Gasteiger charge is 2.35. The summed E-state index contributed by atoms with van der Waals surface area (Å²) in [5.41, 5.74) is 5.50. The minimum atomic E-state index is -4.67. The van der Waals surface area contributed by atoms with E-state index in [9.17, 15) is 22.8 Å². The highest BCUT2D eigenvalue weighted by Crippen LogP contribution is 2.34. The average molecular weight is 519 g/mol. The van der Waals surface area contributed by atoms with Gasteiger partial charge in [-0.1, -0.05) is 47.5 Å². The van der Waals surface area contributed by atoms with Crippen molar-refractivity contribution in [2.75, 3.05) is 5.32 Å².